The molecule has 2 aromatic carbocycles. The Labute approximate surface area is 103 Å². The zero-order chi connectivity index (χ0) is 13.1. The van der Waals surface area contributed by atoms with Crippen molar-refractivity contribution in [3.05, 3.63) is 65.2 Å². The number of phenols is 1. The molecule has 2 nitrogen and oxygen atoms in total. The molecular weight excluding hydrogens is 238 g/mol. The molecule has 0 atom stereocenters. The lowest BCUT2D eigenvalue weighted by molar-refractivity contribution is 0.0992. The third kappa shape index (κ3) is 2.91. The average Bonchev–Trinajstić information content (AvgIpc) is 2.31. The number of hydrogen-bond donors (Lipinski definition) is 1. The molecule has 0 spiro atoms. The van der Waals surface area contributed by atoms with E-state index < -0.39 is 11.6 Å². The first kappa shape index (κ1) is 12.2. The van der Waals surface area contributed by atoms with Gasteiger partial charge in [0.05, 0.1) is 0 Å². The molecule has 0 aromatic heterocycles. The van der Waals surface area contributed by atoms with E-state index in [0.717, 1.165) is 18.2 Å². The SMILES string of the molecule is O=C(Cc1ccc(O)cc1)c1cc(F)cc(F)c1. The largest absolute Gasteiger partial charge is 0.508 e. The summed E-state index contributed by atoms with van der Waals surface area (Å²) >= 11 is 0. The van der Waals surface area contributed by atoms with Crippen LogP contribution in [0.3, 0.4) is 0 Å². The number of hydrogen-bond acceptors (Lipinski definition) is 2. The summed E-state index contributed by atoms with van der Waals surface area (Å²) in [6.45, 7) is 0. The number of aromatic hydroxyl groups is 1. The van der Waals surface area contributed by atoms with Crippen LogP contribution in [0.2, 0.25) is 0 Å². The summed E-state index contributed by atoms with van der Waals surface area (Å²) in [6.07, 6.45) is 0.0309. The fourth-order valence-electron chi connectivity index (χ4n) is 1.62. The number of phenolic OH excluding ortho intramolecular Hbond substituents is 1. The molecule has 4 heteroatoms. The summed E-state index contributed by atoms with van der Waals surface area (Å²) < 4.78 is 25.9. The second-order valence-electron chi connectivity index (χ2n) is 3.92. The highest BCUT2D eigenvalue weighted by atomic mass is 19.1. The third-order valence-electron chi connectivity index (χ3n) is 2.49. The van der Waals surface area contributed by atoms with Gasteiger partial charge >= 0.3 is 0 Å². The Morgan fingerprint density at radius 2 is 1.56 bits per heavy atom. The summed E-state index contributed by atoms with van der Waals surface area (Å²) in [4.78, 5) is 11.8. The molecule has 2 rings (SSSR count). The molecule has 0 heterocycles. The molecule has 0 amide bonds. The van der Waals surface area contributed by atoms with Crippen LogP contribution in [0.4, 0.5) is 8.78 Å². The highest BCUT2D eigenvalue weighted by Gasteiger charge is 2.10. The van der Waals surface area contributed by atoms with Crippen LogP contribution in [0.1, 0.15) is 15.9 Å². The van der Waals surface area contributed by atoms with Crippen molar-refractivity contribution in [3.63, 3.8) is 0 Å². The average molecular weight is 248 g/mol. The maximum absolute atomic E-state index is 13.0. The zero-order valence-corrected chi connectivity index (χ0v) is 9.36. The Morgan fingerprint density at radius 1 is 1.00 bits per heavy atom. The van der Waals surface area contributed by atoms with Gasteiger partial charge in [-0.3, -0.25) is 4.79 Å². The molecule has 92 valence electrons. The number of ketones is 1. The molecule has 0 aliphatic heterocycles. The fourth-order valence-corrected chi connectivity index (χ4v) is 1.62. The van der Waals surface area contributed by atoms with Crippen LogP contribution < -0.4 is 0 Å². The van der Waals surface area contributed by atoms with E-state index in [0.29, 0.717) is 5.56 Å². The predicted molar refractivity (Wildman–Crippen MR) is 62.5 cm³/mol. The van der Waals surface area contributed by atoms with Crippen molar-refractivity contribution in [1.82, 2.24) is 0 Å². The van der Waals surface area contributed by atoms with Crippen LogP contribution in [0, 0.1) is 11.6 Å². The van der Waals surface area contributed by atoms with Crippen molar-refractivity contribution in [3.8, 4) is 5.75 Å². The van der Waals surface area contributed by atoms with Crippen LogP contribution in [-0.2, 0) is 6.42 Å². The first-order chi connectivity index (χ1) is 8.54. The van der Waals surface area contributed by atoms with Gasteiger partial charge in [0.15, 0.2) is 5.78 Å². The monoisotopic (exact) mass is 248 g/mol. The Hall–Kier alpha value is -2.23. The Balaban J connectivity index is 2.19. The Bertz CT molecular complexity index is 557. The van der Waals surface area contributed by atoms with Crippen LogP contribution in [0.15, 0.2) is 42.5 Å². The Morgan fingerprint density at radius 3 is 2.11 bits per heavy atom. The van der Waals surface area contributed by atoms with Crippen LogP contribution in [-0.4, -0.2) is 10.9 Å². The minimum atomic E-state index is -0.774. The molecule has 0 bridgehead atoms. The van der Waals surface area contributed by atoms with Gasteiger partial charge in [-0.05, 0) is 29.8 Å². The van der Waals surface area contributed by atoms with E-state index in [1.165, 1.54) is 12.1 Å². The zero-order valence-electron chi connectivity index (χ0n) is 9.36. The van der Waals surface area contributed by atoms with E-state index >= 15 is 0 Å². The van der Waals surface area contributed by atoms with E-state index in [1.54, 1.807) is 12.1 Å². The van der Waals surface area contributed by atoms with Gasteiger partial charge in [0.25, 0.3) is 0 Å². The molecule has 18 heavy (non-hydrogen) atoms. The van der Waals surface area contributed by atoms with Crippen molar-refractivity contribution in [1.29, 1.82) is 0 Å². The lowest BCUT2D eigenvalue weighted by atomic mass is 10.0. The first-order valence-electron chi connectivity index (χ1n) is 5.32. The van der Waals surface area contributed by atoms with Gasteiger partial charge in [0.1, 0.15) is 17.4 Å². The standard InChI is InChI=1S/C14H10F2O2/c15-11-6-10(7-12(16)8-11)14(18)5-9-1-3-13(17)4-2-9/h1-4,6-8,17H,5H2. The molecule has 0 aliphatic carbocycles. The molecule has 0 unspecified atom stereocenters. The highest BCUT2D eigenvalue weighted by molar-refractivity contribution is 5.97. The van der Waals surface area contributed by atoms with Gasteiger partial charge in [-0.25, -0.2) is 8.78 Å². The van der Waals surface area contributed by atoms with E-state index in [9.17, 15) is 13.6 Å². The lowest BCUT2D eigenvalue weighted by Gasteiger charge is -2.02. The number of Topliss-reactive ketones (excluding diaryl/α,β-unsaturated/α-hetero) is 1. The van der Waals surface area contributed by atoms with E-state index in [1.807, 2.05) is 0 Å². The van der Waals surface area contributed by atoms with Gasteiger partial charge in [-0.1, -0.05) is 12.1 Å². The molecule has 0 aliphatic rings. The van der Waals surface area contributed by atoms with Crippen LogP contribution in [0.5, 0.6) is 5.75 Å². The maximum Gasteiger partial charge on any atom is 0.167 e. The number of halogens is 2. The number of carbonyl (C=O) groups excluding carboxylic acids is 1. The molecule has 2 aromatic rings. The number of carbonyl (C=O) groups is 1. The van der Waals surface area contributed by atoms with Crippen molar-refractivity contribution in [2.75, 3.05) is 0 Å². The van der Waals surface area contributed by atoms with Gasteiger partial charge < -0.3 is 5.11 Å². The number of benzene rings is 2. The van der Waals surface area contributed by atoms with Crippen molar-refractivity contribution in [2.24, 2.45) is 0 Å². The molecule has 0 fully saturated rings. The maximum atomic E-state index is 13.0. The Kier molecular flexibility index (Phi) is 3.37. The topological polar surface area (TPSA) is 37.3 Å². The van der Waals surface area contributed by atoms with Crippen molar-refractivity contribution in [2.45, 2.75) is 6.42 Å². The van der Waals surface area contributed by atoms with Gasteiger partial charge in [0, 0.05) is 18.1 Å². The normalized spacial score (nSPS) is 10.3. The van der Waals surface area contributed by atoms with E-state index in [-0.39, 0.29) is 23.5 Å². The van der Waals surface area contributed by atoms with Crippen molar-refractivity contribution >= 4 is 5.78 Å². The highest BCUT2D eigenvalue weighted by Crippen LogP contribution is 2.14. The molecule has 0 saturated heterocycles. The minimum Gasteiger partial charge on any atom is -0.508 e. The summed E-state index contributed by atoms with van der Waals surface area (Å²) in [5.41, 5.74) is 0.669. The lowest BCUT2D eigenvalue weighted by Crippen LogP contribution is -2.04. The van der Waals surface area contributed by atoms with Crippen molar-refractivity contribution < 1.29 is 18.7 Å². The smallest absolute Gasteiger partial charge is 0.167 e. The third-order valence-corrected chi connectivity index (χ3v) is 2.49. The molecular formula is C14H10F2O2. The van der Waals surface area contributed by atoms with Crippen LogP contribution >= 0.6 is 0 Å². The van der Waals surface area contributed by atoms with E-state index in [2.05, 4.69) is 0 Å². The van der Waals surface area contributed by atoms with Gasteiger partial charge in [0.2, 0.25) is 0 Å². The second kappa shape index (κ2) is 4.96. The molecule has 1 N–H and O–H groups in total. The van der Waals surface area contributed by atoms with Crippen LogP contribution in [0.25, 0.3) is 0 Å². The van der Waals surface area contributed by atoms with E-state index in [4.69, 9.17) is 5.11 Å². The van der Waals surface area contributed by atoms with Gasteiger partial charge in [-0.2, -0.15) is 0 Å². The van der Waals surface area contributed by atoms with Gasteiger partial charge in [-0.15, -0.1) is 0 Å². The fraction of sp³-hybridized carbons (Fsp3) is 0.0714. The second-order valence-corrected chi connectivity index (χ2v) is 3.92. The molecule has 0 saturated carbocycles. The quantitative estimate of drug-likeness (QED) is 0.847. The summed E-state index contributed by atoms with van der Waals surface area (Å²) in [7, 11) is 0. The summed E-state index contributed by atoms with van der Waals surface area (Å²) in [5.74, 6) is -1.82. The minimum absolute atomic E-state index is 0.000532. The summed E-state index contributed by atoms with van der Waals surface area (Å²) in [6, 6.07) is 8.81. The summed E-state index contributed by atoms with van der Waals surface area (Å²) in [5, 5.41) is 9.10. The number of rotatable bonds is 3. The molecule has 0 radical (unpaired) electrons. The predicted octanol–water partition coefficient (Wildman–Crippen LogP) is 3.10. The first-order valence-corrected chi connectivity index (χ1v) is 5.32.